The van der Waals surface area contributed by atoms with Crippen LogP contribution < -0.4 is 10.0 Å². The van der Waals surface area contributed by atoms with Gasteiger partial charge in [-0.15, -0.1) is 11.8 Å². The van der Waals surface area contributed by atoms with E-state index in [4.69, 9.17) is 0 Å². The second kappa shape index (κ2) is 12.3. The van der Waals surface area contributed by atoms with E-state index in [0.717, 1.165) is 16.5 Å². The summed E-state index contributed by atoms with van der Waals surface area (Å²) < 4.78 is 28.8. The Hall–Kier alpha value is -3.60. The Labute approximate surface area is 246 Å². The summed E-state index contributed by atoms with van der Waals surface area (Å²) in [6, 6.07) is 30.1. The highest BCUT2D eigenvalue weighted by Crippen LogP contribution is 2.38. The maximum absolute atomic E-state index is 12.9. The monoisotopic (exact) mass is 635 g/mol. The molecule has 1 saturated heterocycles. The van der Waals surface area contributed by atoms with E-state index in [0.29, 0.717) is 29.2 Å². The molecule has 40 heavy (non-hydrogen) atoms. The zero-order valence-corrected chi connectivity index (χ0v) is 24.5. The fraction of sp³-hybridized carbons (Fsp3) is 0.133. The van der Waals surface area contributed by atoms with Crippen molar-refractivity contribution >= 4 is 60.9 Å². The van der Waals surface area contributed by atoms with Crippen molar-refractivity contribution in [1.29, 1.82) is 0 Å². The van der Waals surface area contributed by atoms with Gasteiger partial charge in [-0.05, 0) is 78.2 Å². The number of halogens is 1. The number of rotatable bonds is 9. The summed E-state index contributed by atoms with van der Waals surface area (Å²) in [4.78, 5) is 27.4. The summed E-state index contributed by atoms with van der Waals surface area (Å²) in [7, 11) is -3.77. The average Bonchev–Trinajstić information content (AvgIpc) is 3.34. The fourth-order valence-corrected chi connectivity index (χ4v) is 6.86. The van der Waals surface area contributed by atoms with Crippen LogP contribution >= 0.6 is 27.7 Å². The number of anilines is 2. The Balaban J connectivity index is 1.20. The number of amides is 2. The van der Waals surface area contributed by atoms with Gasteiger partial charge >= 0.3 is 0 Å². The molecule has 0 spiro atoms. The second-order valence-electron chi connectivity index (χ2n) is 9.20. The van der Waals surface area contributed by atoms with Crippen LogP contribution in [0.5, 0.6) is 0 Å². The summed E-state index contributed by atoms with van der Waals surface area (Å²) >= 11 is 4.91. The van der Waals surface area contributed by atoms with Gasteiger partial charge in [-0.25, -0.2) is 8.42 Å². The largest absolute Gasteiger partial charge is 0.326 e. The highest BCUT2D eigenvalue weighted by atomic mass is 79.9. The lowest BCUT2D eigenvalue weighted by atomic mass is 10.1. The van der Waals surface area contributed by atoms with E-state index in [1.54, 1.807) is 60.3 Å². The lowest BCUT2D eigenvalue weighted by Crippen LogP contribution is -2.30. The van der Waals surface area contributed by atoms with E-state index < -0.39 is 10.0 Å². The number of thioether (sulfide) groups is 1. The molecule has 4 aromatic carbocycles. The van der Waals surface area contributed by atoms with Crippen molar-refractivity contribution in [3.63, 3.8) is 0 Å². The number of nitrogens with one attached hydrogen (secondary N) is 2. The Morgan fingerprint density at radius 2 is 1.52 bits per heavy atom. The molecule has 1 atom stereocenters. The molecule has 2 amide bonds. The van der Waals surface area contributed by atoms with Gasteiger partial charge in [-0.1, -0.05) is 58.4 Å². The number of nitrogens with zero attached hydrogens (tertiary/aromatic N) is 1. The molecule has 1 aliphatic heterocycles. The molecule has 0 saturated carbocycles. The third-order valence-corrected chi connectivity index (χ3v) is 9.61. The predicted octanol–water partition coefficient (Wildman–Crippen LogP) is 6.32. The van der Waals surface area contributed by atoms with Crippen molar-refractivity contribution in [2.45, 2.75) is 16.7 Å². The lowest BCUT2D eigenvalue weighted by molar-refractivity contribution is -0.128. The smallest absolute Gasteiger partial charge is 0.261 e. The third kappa shape index (κ3) is 6.75. The number of benzene rings is 4. The van der Waals surface area contributed by atoms with Gasteiger partial charge in [0.2, 0.25) is 5.91 Å². The molecular formula is C30H26BrN3O4S2. The lowest BCUT2D eigenvalue weighted by Gasteiger charge is -2.24. The molecule has 7 nitrogen and oxygen atoms in total. The van der Waals surface area contributed by atoms with E-state index >= 15 is 0 Å². The zero-order valence-electron chi connectivity index (χ0n) is 21.3. The van der Waals surface area contributed by atoms with Crippen molar-refractivity contribution in [2.24, 2.45) is 0 Å². The molecule has 0 aliphatic carbocycles. The minimum atomic E-state index is -3.77. The Bertz CT molecular complexity index is 1600. The van der Waals surface area contributed by atoms with Crippen molar-refractivity contribution < 1.29 is 18.0 Å². The van der Waals surface area contributed by atoms with Crippen LogP contribution in [-0.2, 0) is 21.2 Å². The van der Waals surface area contributed by atoms with Crippen molar-refractivity contribution in [3.8, 4) is 0 Å². The normalized spacial score (nSPS) is 15.2. The zero-order chi connectivity index (χ0) is 28.1. The molecule has 4 aromatic rings. The maximum atomic E-state index is 12.9. The SMILES string of the molecule is O=C(Nc1ccc(S(=O)(=O)Nc2ccc(Br)cc2)cc1)c1ccc([C@@H]2SCC(=O)N2CCc2ccccc2)cc1. The van der Waals surface area contributed by atoms with Gasteiger partial charge in [-0.2, -0.15) is 0 Å². The minimum Gasteiger partial charge on any atom is -0.326 e. The standard InChI is InChI=1S/C30H26BrN3O4S2/c31-24-10-12-26(13-11-24)33-40(37,38)27-16-14-25(15-17-27)32-29(36)22-6-8-23(9-7-22)30-34(28(35)20-39-30)19-18-21-4-2-1-3-5-21/h1-17,30,33H,18-20H2,(H,32,36)/t30-/m0/s1. The van der Waals surface area contributed by atoms with Crippen LogP contribution in [-0.4, -0.2) is 37.4 Å². The molecule has 1 aliphatic rings. The second-order valence-corrected chi connectivity index (χ2v) is 12.9. The van der Waals surface area contributed by atoms with Gasteiger partial charge in [0.25, 0.3) is 15.9 Å². The summed E-state index contributed by atoms with van der Waals surface area (Å²) in [5.74, 6) is 0.239. The summed E-state index contributed by atoms with van der Waals surface area (Å²) in [6.07, 6.45) is 0.782. The first-order valence-corrected chi connectivity index (χ1v) is 15.9. The summed E-state index contributed by atoms with van der Waals surface area (Å²) in [5, 5.41) is 2.72. The molecule has 10 heteroatoms. The average molecular weight is 637 g/mol. The quantitative estimate of drug-likeness (QED) is 0.224. The van der Waals surface area contributed by atoms with E-state index in [1.807, 2.05) is 35.2 Å². The highest BCUT2D eigenvalue weighted by molar-refractivity contribution is 9.10. The Morgan fingerprint density at radius 3 is 2.20 bits per heavy atom. The molecule has 2 N–H and O–H groups in total. The van der Waals surface area contributed by atoms with E-state index in [9.17, 15) is 18.0 Å². The first kappa shape index (κ1) is 27.9. The third-order valence-electron chi connectivity index (χ3n) is 6.43. The van der Waals surface area contributed by atoms with Crippen molar-refractivity contribution in [2.75, 3.05) is 22.3 Å². The number of hydrogen-bond donors (Lipinski definition) is 2. The molecule has 0 aromatic heterocycles. The molecule has 1 heterocycles. The number of carbonyl (C=O) groups excluding carboxylic acids is 2. The molecule has 0 unspecified atom stereocenters. The van der Waals surface area contributed by atoms with Gasteiger partial charge in [0.15, 0.2) is 0 Å². The fourth-order valence-electron chi connectivity index (χ4n) is 4.32. The number of sulfonamides is 1. The van der Waals surface area contributed by atoms with Crippen LogP contribution in [0.2, 0.25) is 0 Å². The Kier molecular flexibility index (Phi) is 8.58. The molecule has 5 rings (SSSR count). The minimum absolute atomic E-state index is 0.0817. The van der Waals surface area contributed by atoms with Crippen LogP contribution in [0.15, 0.2) is 112 Å². The molecular weight excluding hydrogens is 610 g/mol. The van der Waals surface area contributed by atoms with Crippen LogP contribution in [0.1, 0.15) is 26.9 Å². The van der Waals surface area contributed by atoms with Crippen LogP contribution in [0.4, 0.5) is 11.4 Å². The van der Waals surface area contributed by atoms with Gasteiger partial charge in [0.05, 0.1) is 10.6 Å². The van der Waals surface area contributed by atoms with E-state index in [-0.39, 0.29) is 22.1 Å². The van der Waals surface area contributed by atoms with Gasteiger partial charge in [0.1, 0.15) is 5.37 Å². The van der Waals surface area contributed by atoms with Crippen LogP contribution in [0, 0.1) is 0 Å². The predicted molar refractivity (Wildman–Crippen MR) is 163 cm³/mol. The van der Waals surface area contributed by atoms with Crippen LogP contribution in [0.25, 0.3) is 0 Å². The van der Waals surface area contributed by atoms with Crippen LogP contribution in [0.3, 0.4) is 0 Å². The summed E-state index contributed by atoms with van der Waals surface area (Å²) in [5.41, 5.74) is 3.53. The van der Waals surface area contributed by atoms with Gasteiger partial charge in [-0.3, -0.25) is 14.3 Å². The first-order chi connectivity index (χ1) is 19.3. The molecule has 0 bridgehead atoms. The number of hydrogen-bond acceptors (Lipinski definition) is 5. The maximum Gasteiger partial charge on any atom is 0.261 e. The van der Waals surface area contributed by atoms with E-state index in [2.05, 4.69) is 38.1 Å². The molecule has 204 valence electrons. The van der Waals surface area contributed by atoms with Gasteiger partial charge in [0, 0.05) is 28.0 Å². The first-order valence-electron chi connectivity index (χ1n) is 12.5. The topological polar surface area (TPSA) is 95.6 Å². The van der Waals surface area contributed by atoms with Crippen molar-refractivity contribution in [1.82, 2.24) is 4.90 Å². The molecule has 1 fully saturated rings. The summed E-state index contributed by atoms with van der Waals surface area (Å²) in [6.45, 7) is 0.632. The van der Waals surface area contributed by atoms with E-state index in [1.165, 1.54) is 17.7 Å². The molecule has 0 radical (unpaired) electrons. The Morgan fingerprint density at radius 1 is 0.875 bits per heavy atom. The highest BCUT2D eigenvalue weighted by Gasteiger charge is 2.32. The number of carbonyl (C=O) groups is 2. The van der Waals surface area contributed by atoms with Gasteiger partial charge < -0.3 is 10.2 Å². The van der Waals surface area contributed by atoms with Crippen molar-refractivity contribution in [3.05, 3.63) is 124 Å².